The normalized spacial score (nSPS) is 16.9. The van der Waals surface area contributed by atoms with E-state index in [0.717, 1.165) is 24.2 Å². The second-order valence-corrected chi connectivity index (χ2v) is 5.11. The van der Waals surface area contributed by atoms with Gasteiger partial charge in [0, 0.05) is 18.3 Å². The molecule has 0 amide bonds. The predicted octanol–water partition coefficient (Wildman–Crippen LogP) is 1.99. The fourth-order valence-electron chi connectivity index (χ4n) is 2.74. The predicted molar refractivity (Wildman–Crippen MR) is 75.4 cm³/mol. The molecule has 1 fully saturated rings. The Labute approximate surface area is 112 Å². The second-order valence-electron chi connectivity index (χ2n) is 5.11. The van der Waals surface area contributed by atoms with E-state index in [-0.39, 0.29) is 5.41 Å². The van der Waals surface area contributed by atoms with Gasteiger partial charge in [0.2, 0.25) is 0 Å². The summed E-state index contributed by atoms with van der Waals surface area (Å²) in [5.74, 6) is 1.34. The van der Waals surface area contributed by atoms with Gasteiger partial charge in [-0.3, -0.25) is 0 Å². The number of nitrogen functional groups attached to an aromatic ring is 1. The lowest BCUT2D eigenvalue weighted by Gasteiger charge is -2.41. The molecule has 1 aliphatic carbocycles. The van der Waals surface area contributed by atoms with E-state index in [1.807, 2.05) is 6.07 Å². The van der Waals surface area contributed by atoms with Gasteiger partial charge in [-0.25, -0.2) is 9.97 Å². The Hall–Kier alpha value is -1.94. The summed E-state index contributed by atoms with van der Waals surface area (Å²) in [6.07, 6.45) is 5.13. The molecule has 4 N–H and O–H groups in total. The van der Waals surface area contributed by atoms with Crippen LogP contribution in [0.3, 0.4) is 0 Å². The van der Waals surface area contributed by atoms with Crippen LogP contribution in [-0.4, -0.2) is 9.97 Å². The lowest BCUT2D eigenvalue weighted by molar-refractivity contribution is 0.285. The molecule has 2 aromatic rings. The third-order valence-corrected chi connectivity index (χ3v) is 4.08. The average Bonchev–Trinajstić information content (AvgIpc) is 2.39. The molecule has 1 saturated carbocycles. The largest absolute Gasteiger partial charge is 0.383 e. The Morgan fingerprint density at radius 3 is 2.42 bits per heavy atom. The van der Waals surface area contributed by atoms with E-state index < -0.39 is 0 Å². The van der Waals surface area contributed by atoms with Gasteiger partial charge in [-0.1, -0.05) is 36.8 Å². The average molecular weight is 254 g/mol. The highest BCUT2D eigenvalue weighted by molar-refractivity contribution is 5.42. The van der Waals surface area contributed by atoms with Crippen molar-refractivity contribution < 1.29 is 0 Å². The molecule has 19 heavy (non-hydrogen) atoms. The fourth-order valence-corrected chi connectivity index (χ4v) is 2.74. The van der Waals surface area contributed by atoms with E-state index >= 15 is 0 Å². The van der Waals surface area contributed by atoms with Gasteiger partial charge in [-0.2, -0.15) is 0 Å². The van der Waals surface area contributed by atoms with E-state index in [0.29, 0.717) is 12.4 Å². The summed E-state index contributed by atoms with van der Waals surface area (Å²) in [4.78, 5) is 9.01. The first-order chi connectivity index (χ1) is 9.26. The topological polar surface area (TPSA) is 77.8 Å². The third-order valence-electron chi connectivity index (χ3n) is 4.08. The summed E-state index contributed by atoms with van der Waals surface area (Å²) < 4.78 is 0. The molecule has 0 unspecified atom stereocenters. The van der Waals surface area contributed by atoms with Crippen LogP contribution in [0.1, 0.15) is 36.2 Å². The van der Waals surface area contributed by atoms with Crippen molar-refractivity contribution in [1.82, 2.24) is 9.97 Å². The number of aromatic nitrogens is 2. The summed E-state index contributed by atoms with van der Waals surface area (Å²) in [5.41, 5.74) is 13.6. The minimum atomic E-state index is -0.0531. The number of rotatable bonds is 3. The minimum absolute atomic E-state index is 0.0531. The van der Waals surface area contributed by atoms with Gasteiger partial charge in [0.15, 0.2) is 0 Å². The Balaban J connectivity index is 2.06. The summed E-state index contributed by atoms with van der Waals surface area (Å²) in [7, 11) is 0. The van der Waals surface area contributed by atoms with Gasteiger partial charge >= 0.3 is 0 Å². The number of anilines is 1. The van der Waals surface area contributed by atoms with E-state index in [4.69, 9.17) is 11.5 Å². The van der Waals surface area contributed by atoms with Crippen molar-refractivity contribution in [2.75, 3.05) is 5.73 Å². The van der Waals surface area contributed by atoms with Crippen LogP contribution in [0.15, 0.2) is 36.5 Å². The number of hydrogen-bond donors (Lipinski definition) is 2. The zero-order chi connectivity index (χ0) is 13.3. The van der Waals surface area contributed by atoms with Crippen molar-refractivity contribution in [3.63, 3.8) is 0 Å². The highest BCUT2D eigenvalue weighted by atomic mass is 15.0. The summed E-state index contributed by atoms with van der Waals surface area (Å²) in [5, 5.41) is 0. The second kappa shape index (κ2) is 4.63. The summed E-state index contributed by atoms with van der Waals surface area (Å²) >= 11 is 0. The van der Waals surface area contributed by atoms with Crippen molar-refractivity contribution in [1.29, 1.82) is 0 Å². The lowest BCUT2D eigenvalue weighted by atomic mass is 9.64. The summed E-state index contributed by atoms with van der Waals surface area (Å²) in [6, 6.07) is 10.5. The number of hydrogen-bond acceptors (Lipinski definition) is 4. The van der Waals surface area contributed by atoms with Crippen LogP contribution in [0, 0.1) is 0 Å². The SMILES string of the molecule is NCc1cnc(C2(c3ccccc3)CCC2)nc1N. The molecule has 1 aromatic carbocycles. The van der Waals surface area contributed by atoms with Gasteiger partial charge in [0.1, 0.15) is 11.6 Å². The first-order valence-corrected chi connectivity index (χ1v) is 6.64. The Kier molecular flexibility index (Phi) is 2.95. The molecule has 0 atom stereocenters. The molecule has 4 heteroatoms. The minimum Gasteiger partial charge on any atom is -0.383 e. The van der Waals surface area contributed by atoms with E-state index in [1.165, 1.54) is 12.0 Å². The van der Waals surface area contributed by atoms with E-state index in [9.17, 15) is 0 Å². The number of nitrogens with two attached hydrogens (primary N) is 2. The molecule has 1 aliphatic rings. The van der Waals surface area contributed by atoms with Crippen molar-refractivity contribution in [3.05, 3.63) is 53.5 Å². The zero-order valence-corrected chi connectivity index (χ0v) is 10.8. The first-order valence-electron chi connectivity index (χ1n) is 6.64. The van der Waals surface area contributed by atoms with E-state index in [2.05, 4.69) is 34.2 Å². The van der Waals surface area contributed by atoms with Crippen molar-refractivity contribution in [2.45, 2.75) is 31.2 Å². The van der Waals surface area contributed by atoms with Gasteiger partial charge in [0.25, 0.3) is 0 Å². The van der Waals surface area contributed by atoms with Crippen molar-refractivity contribution in [3.8, 4) is 0 Å². The molecule has 3 rings (SSSR count). The third kappa shape index (κ3) is 1.88. The van der Waals surface area contributed by atoms with Gasteiger partial charge in [0.05, 0.1) is 5.41 Å². The van der Waals surface area contributed by atoms with Crippen LogP contribution in [-0.2, 0) is 12.0 Å². The Morgan fingerprint density at radius 1 is 1.16 bits per heavy atom. The lowest BCUT2D eigenvalue weighted by Crippen LogP contribution is -2.37. The monoisotopic (exact) mass is 254 g/mol. The maximum atomic E-state index is 5.95. The zero-order valence-electron chi connectivity index (χ0n) is 10.8. The quantitative estimate of drug-likeness (QED) is 0.878. The van der Waals surface area contributed by atoms with Crippen molar-refractivity contribution >= 4 is 5.82 Å². The standard InChI is InChI=1S/C15H18N4/c16-9-11-10-18-14(19-13(11)17)15(7-4-8-15)12-5-2-1-3-6-12/h1-3,5-6,10H,4,7-9,16H2,(H2,17,18,19). The maximum absolute atomic E-state index is 5.95. The van der Waals surface area contributed by atoms with Gasteiger partial charge in [-0.15, -0.1) is 0 Å². The van der Waals surface area contributed by atoms with Crippen LogP contribution in [0.4, 0.5) is 5.82 Å². The fraction of sp³-hybridized carbons (Fsp3) is 0.333. The molecular formula is C15H18N4. The smallest absolute Gasteiger partial charge is 0.141 e. The highest BCUT2D eigenvalue weighted by Gasteiger charge is 2.43. The Morgan fingerprint density at radius 2 is 1.89 bits per heavy atom. The Bertz CT molecular complexity index is 576. The highest BCUT2D eigenvalue weighted by Crippen LogP contribution is 2.47. The molecule has 0 bridgehead atoms. The number of nitrogens with zero attached hydrogens (tertiary/aromatic N) is 2. The molecule has 98 valence electrons. The molecule has 4 nitrogen and oxygen atoms in total. The van der Waals surface area contributed by atoms with Crippen LogP contribution in [0.25, 0.3) is 0 Å². The molecule has 1 heterocycles. The van der Waals surface area contributed by atoms with Gasteiger partial charge < -0.3 is 11.5 Å². The first kappa shape index (κ1) is 12.1. The van der Waals surface area contributed by atoms with Crippen LogP contribution in [0.5, 0.6) is 0 Å². The molecular weight excluding hydrogens is 236 g/mol. The van der Waals surface area contributed by atoms with E-state index in [1.54, 1.807) is 6.20 Å². The molecule has 0 saturated heterocycles. The molecule has 0 aliphatic heterocycles. The number of benzene rings is 1. The maximum Gasteiger partial charge on any atom is 0.141 e. The van der Waals surface area contributed by atoms with Crippen LogP contribution < -0.4 is 11.5 Å². The van der Waals surface area contributed by atoms with Crippen LogP contribution in [0.2, 0.25) is 0 Å². The molecule has 0 radical (unpaired) electrons. The van der Waals surface area contributed by atoms with Crippen LogP contribution >= 0.6 is 0 Å². The summed E-state index contributed by atoms with van der Waals surface area (Å²) in [6.45, 7) is 0.379. The molecule has 1 aromatic heterocycles. The van der Waals surface area contributed by atoms with Crippen molar-refractivity contribution in [2.24, 2.45) is 5.73 Å². The van der Waals surface area contributed by atoms with Gasteiger partial charge in [-0.05, 0) is 18.4 Å². The molecule has 0 spiro atoms.